The molecule has 0 unspecified atom stereocenters. The van der Waals surface area contributed by atoms with E-state index in [2.05, 4.69) is 0 Å². The predicted molar refractivity (Wildman–Crippen MR) is 114 cm³/mol. The maximum atomic E-state index is 11.9. The van der Waals surface area contributed by atoms with E-state index in [0.717, 1.165) is 41.5 Å². The van der Waals surface area contributed by atoms with Gasteiger partial charge in [-0.15, -0.1) is 0 Å². The van der Waals surface area contributed by atoms with Crippen molar-refractivity contribution >= 4 is 35.8 Å². The first-order chi connectivity index (χ1) is 17.3. The summed E-state index contributed by atoms with van der Waals surface area (Å²) >= 11 is 0. The minimum atomic E-state index is -1.54. The average molecular weight is 534 g/mol. The second kappa shape index (κ2) is 13.3. The van der Waals surface area contributed by atoms with Crippen LogP contribution in [-0.2, 0) is 71.4 Å². The van der Waals surface area contributed by atoms with Crippen molar-refractivity contribution in [3.05, 3.63) is 0 Å². The van der Waals surface area contributed by atoms with E-state index < -0.39 is 85.0 Å². The van der Waals surface area contributed by atoms with Crippen LogP contribution in [0.15, 0.2) is 0 Å². The molecule has 2 aliphatic heterocycles. The van der Waals surface area contributed by atoms with Crippen LogP contribution in [0.1, 0.15) is 41.5 Å². The third kappa shape index (κ3) is 8.94. The van der Waals surface area contributed by atoms with Crippen molar-refractivity contribution in [3.63, 3.8) is 0 Å². The molecular formula is C22H30O15. The van der Waals surface area contributed by atoms with Crippen molar-refractivity contribution in [1.29, 1.82) is 0 Å². The van der Waals surface area contributed by atoms with Gasteiger partial charge in [0, 0.05) is 41.5 Å². The van der Waals surface area contributed by atoms with Crippen LogP contribution in [-0.4, -0.2) is 98.2 Å². The van der Waals surface area contributed by atoms with Crippen LogP contribution in [0.4, 0.5) is 0 Å². The summed E-state index contributed by atoms with van der Waals surface area (Å²) in [5.41, 5.74) is 0. The van der Waals surface area contributed by atoms with Crippen molar-refractivity contribution < 1.29 is 71.4 Å². The Kier molecular flexibility index (Phi) is 10.8. The Hall–Kier alpha value is -3.30. The van der Waals surface area contributed by atoms with E-state index in [9.17, 15) is 28.8 Å². The molecule has 2 fully saturated rings. The zero-order chi connectivity index (χ0) is 27.9. The fraction of sp³-hybridized carbons (Fsp3) is 0.727. The van der Waals surface area contributed by atoms with Crippen molar-refractivity contribution in [2.75, 3.05) is 13.2 Å². The summed E-state index contributed by atoms with van der Waals surface area (Å²) in [5, 5.41) is 0. The Morgan fingerprint density at radius 2 is 0.811 bits per heavy atom. The lowest BCUT2D eigenvalue weighted by molar-refractivity contribution is -0.340. The molecule has 0 aromatic heterocycles. The maximum absolute atomic E-state index is 11.9. The van der Waals surface area contributed by atoms with E-state index in [1.807, 2.05) is 0 Å². The minimum absolute atomic E-state index is 0.321. The SMILES string of the molecule is CC(=O)O[C@@H]1OC[C@@H](OC(C)=O)[C@H](OC(C)=O)[C@H]1O[C@H]1OC[C@@H](OC(C)=O)[C@H](OC(C)=O)[C@H]1OC(C)=O. The maximum Gasteiger partial charge on any atom is 0.305 e. The molecule has 2 aliphatic rings. The number of carbonyl (C=O) groups is 6. The summed E-state index contributed by atoms with van der Waals surface area (Å²) in [4.78, 5) is 70.5. The van der Waals surface area contributed by atoms with Gasteiger partial charge < -0.3 is 42.6 Å². The first kappa shape index (κ1) is 29.9. The van der Waals surface area contributed by atoms with Crippen LogP contribution in [0.2, 0.25) is 0 Å². The molecule has 0 aromatic rings. The van der Waals surface area contributed by atoms with Crippen molar-refractivity contribution in [2.45, 2.75) is 90.7 Å². The molecule has 2 heterocycles. The smallest absolute Gasteiger partial charge is 0.305 e. The molecule has 0 saturated carbocycles. The zero-order valence-corrected chi connectivity index (χ0v) is 21.2. The Morgan fingerprint density at radius 3 is 1.22 bits per heavy atom. The van der Waals surface area contributed by atoms with E-state index in [0.29, 0.717) is 0 Å². The van der Waals surface area contributed by atoms with Gasteiger partial charge >= 0.3 is 35.8 Å². The van der Waals surface area contributed by atoms with E-state index in [4.69, 9.17) is 42.6 Å². The van der Waals surface area contributed by atoms with Crippen molar-refractivity contribution in [2.24, 2.45) is 0 Å². The van der Waals surface area contributed by atoms with Gasteiger partial charge in [-0.25, -0.2) is 0 Å². The largest absolute Gasteiger partial charge is 0.456 e. The fourth-order valence-corrected chi connectivity index (χ4v) is 3.78. The Bertz CT molecular complexity index is 885. The highest BCUT2D eigenvalue weighted by atomic mass is 16.8. The van der Waals surface area contributed by atoms with Gasteiger partial charge in [0.15, 0.2) is 42.9 Å². The van der Waals surface area contributed by atoms with Crippen molar-refractivity contribution in [3.8, 4) is 0 Å². The molecule has 0 aliphatic carbocycles. The molecule has 15 nitrogen and oxygen atoms in total. The number of hydrogen-bond acceptors (Lipinski definition) is 15. The van der Waals surface area contributed by atoms with Crippen molar-refractivity contribution in [1.82, 2.24) is 0 Å². The minimum Gasteiger partial charge on any atom is -0.456 e. The van der Waals surface area contributed by atoms with Crippen LogP contribution in [0, 0.1) is 0 Å². The summed E-state index contributed by atoms with van der Waals surface area (Å²) in [6.07, 6.45) is -11.1. The summed E-state index contributed by atoms with van der Waals surface area (Å²) in [7, 11) is 0. The monoisotopic (exact) mass is 534 g/mol. The molecule has 15 heteroatoms. The molecular weight excluding hydrogens is 504 g/mol. The average Bonchev–Trinajstić information content (AvgIpc) is 2.73. The lowest BCUT2D eigenvalue weighted by Crippen LogP contribution is -2.63. The number of rotatable bonds is 8. The lowest BCUT2D eigenvalue weighted by Gasteiger charge is -2.45. The molecule has 8 atom stereocenters. The molecule has 0 radical (unpaired) electrons. The van der Waals surface area contributed by atoms with Gasteiger partial charge in [0.1, 0.15) is 0 Å². The van der Waals surface area contributed by atoms with Gasteiger partial charge in [-0.05, 0) is 0 Å². The Morgan fingerprint density at radius 1 is 0.459 bits per heavy atom. The quantitative estimate of drug-likeness (QED) is 0.281. The second-order valence-electron chi connectivity index (χ2n) is 8.13. The number of hydrogen-bond donors (Lipinski definition) is 0. The van der Waals surface area contributed by atoms with E-state index in [1.54, 1.807) is 0 Å². The third-order valence-corrected chi connectivity index (χ3v) is 4.88. The number of esters is 6. The van der Waals surface area contributed by atoms with Crippen LogP contribution in [0.5, 0.6) is 0 Å². The first-order valence-corrected chi connectivity index (χ1v) is 11.2. The Labute approximate surface area is 211 Å². The lowest BCUT2D eigenvalue weighted by atomic mass is 10.0. The number of ether oxygens (including phenoxy) is 9. The van der Waals surface area contributed by atoms with Gasteiger partial charge in [-0.1, -0.05) is 0 Å². The van der Waals surface area contributed by atoms with E-state index >= 15 is 0 Å². The molecule has 37 heavy (non-hydrogen) atoms. The highest BCUT2D eigenvalue weighted by Gasteiger charge is 2.53. The van der Waals surface area contributed by atoms with Gasteiger partial charge in [0.2, 0.25) is 6.29 Å². The van der Waals surface area contributed by atoms with Gasteiger partial charge in [-0.3, -0.25) is 28.8 Å². The standard InChI is InChI=1S/C22H30O15/c1-9(23)31-15-8-30-22(19(35-13(5)27)17(15)33-11(3)25)37-20-18(34-12(4)26)16(32-10(2)24)7-29-21(20)36-14(6)28/h15-22H,7-8H2,1-6H3/t15-,16-,17+,18+,19-,20-,21+,22-/m1/s1. The van der Waals surface area contributed by atoms with Crippen LogP contribution >= 0.6 is 0 Å². The molecule has 2 saturated heterocycles. The van der Waals surface area contributed by atoms with E-state index in [-0.39, 0.29) is 13.2 Å². The topological polar surface area (TPSA) is 185 Å². The molecule has 0 amide bonds. The molecule has 0 bridgehead atoms. The molecule has 0 spiro atoms. The Balaban J connectivity index is 2.46. The second-order valence-corrected chi connectivity index (χ2v) is 8.13. The summed E-state index contributed by atoms with van der Waals surface area (Å²) in [6, 6.07) is 0. The zero-order valence-electron chi connectivity index (χ0n) is 21.2. The summed E-state index contributed by atoms with van der Waals surface area (Å²) in [5.74, 6) is -4.62. The third-order valence-electron chi connectivity index (χ3n) is 4.88. The normalized spacial score (nSPS) is 31.3. The van der Waals surface area contributed by atoms with Gasteiger partial charge in [-0.2, -0.15) is 0 Å². The first-order valence-electron chi connectivity index (χ1n) is 11.2. The molecule has 208 valence electrons. The van der Waals surface area contributed by atoms with Gasteiger partial charge in [0.05, 0.1) is 13.2 Å². The van der Waals surface area contributed by atoms with Gasteiger partial charge in [0.25, 0.3) is 0 Å². The fourth-order valence-electron chi connectivity index (χ4n) is 3.78. The summed E-state index contributed by atoms with van der Waals surface area (Å²) < 4.78 is 48.5. The number of carbonyl (C=O) groups excluding carboxylic acids is 6. The van der Waals surface area contributed by atoms with E-state index in [1.165, 1.54) is 0 Å². The van der Waals surface area contributed by atoms with Crippen LogP contribution < -0.4 is 0 Å². The highest BCUT2D eigenvalue weighted by molar-refractivity contribution is 5.69. The summed E-state index contributed by atoms with van der Waals surface area (Å²) in [6.45, 7) is 5.91. The van der Waals surface area contributed by atoms with Crippen LogP contribution in [0.25, 0.3) is 0 Å². The highest BCUT2D eigenvalue weighted by Crippen LogP contribution is 2.31. The molecule has 0 aromatic carbocycles. The molecule has 2 rings (SSSR count). The predicted octanol–water partition coefficient (Wildman–Crippen LogP) is -0.694. The molecule has 0 N–H and O–H groups in total. The van der Waals surface area contributed by atoms with Crippen LogP contribution in [0.3, 0.4) is 0 Å².